The highest BCUT2D eigenvalue weighted by Gasteiger charge is 2.18. The molecular formula is C12H26N2O2. The maximum atomic E-state index is 9.52. The van der Waals surface area contributed by atoms with Crippen LogP contribution in [0.2, 0.25) is 0 Å². The summed E-state index contributed by atoms with van der Waals surface area (Å²) in [5, 5.41) is 12.9. The number of piperidine rings is 1. The summed E-state index contributed by atoms with van der Waals surface area (Å²) in [4.78, 5) is 2.52. The first-order valence-electron chi connectivity index (χ1n) is 6.39. The van der Waals surface area contributed by atoms with Crippen LogP contribution >= 0.6 is 0 Å². The summed E-state index contributed by atoms with van der Waals surface area (Å²) in [6.45, 7) is 6.89. The molecule has 1 heterocycles. The van der Waals surface area contributed by atoms with Crippen molar-refractivity contribution in [1.82, 2.24) is 10.2 Å². The van der Waals surface area contributed by atoms with Crippen molar-refractivity contribution in [3.63, 3.8) is 0 Å². The Morgan fingerprint density at radius 1 is 1.44 bits per heavy atom. The van der Waals surface area contributed by atoms with E-state index in [-0.39, 0.29) is 6.10 Å². The Morgan fingerprint density at radius 3 is 2.69 bits per heavy atom. The van der Waals surface area contributed by atoms with Crippen molar-refractivity contribution in [3.8, 4) is 0 Å². The highest BCUT2D eigenvalue weighted by atomic mass is 16.5. The van der Waals surface area contributed by atoms with Crippen LogP contribution in [0.1, 0.15) is 26.2 Å². The number of hydrogen-bond acceptors (Lipinski definition) is 4. The van der Waals surface area contributed by atoms with Gasteiger partial charge in [0.1, 0.15) is 0 Å². The van der Waals surface area contributed by atoms with Crippen molar-refractivity contribution in [1.29, 1.82) is 0 Å². The molecule has 0 aliphatic carbocycles. The molecule has 96 valence electrons. The van der Waals surface area contributed by atoms with E-state index in [1.165, 1.54) is 38.9 Å². The SMILES string of the molecule is CCCN1CCC(NCC(O)COC)CC1. The standard InChI is InChI=1S/C12H26N2O2/c1-3-6-14-7-4-11(5-8-14)13-9-12(15)10-16-2/h11-13,15H,3-10H2,1-2H3. The van der Waals surface area contributed by atoms with Crippen molar-refractivity contribution in [2.24, 2.45) is 0 Å². The van der Waals surface area contributed by atoms with Crippen LogP contribution in [-0.4, -0.2) is 62.0 Å². The van der Waals surface area contributed by atoms with E-state index in [2.05, 4.69) is 17.1 Å². The molecule has 16 heavy (non-hydrogen) atoms. The number of nitrogens with zero attached hydrogens (tertiary/aromatic N) is 1. The number of aliphatic hydroxyl groups is 1. The minimum absolute atomic E-state index is 0.376. The molecule has 1 aliphatic rings. The Morgan fingerprint density at radius 2 is 2.12 bits per heavy atom. The van der Waals surface area contributed by atoms with Gasteiger partial charge in [0.2, 0.25) is 0 Å². The van der Waals surface area contributed by atoms with E-state index in [1.807, 2.05) is 0 Å². The Bertz CT molecular complexity index is 170. The lowest BCUT2D eigenvalue weighted by Gasteiger charge is -2.32. The average molecular weight is 230 g/mol. The maximum absolute atomic E-state index is 9.52. The summed E-state index contributed by atoms with van der Waals surface area (Å²) in [6.07, 6.45) is 3.25. The van der Waals surface area contributed by atoms with Gasteiger partial charge in [-0.05, 0) is 38.9 Å². The number of likely N-dealkylation sites (tertiary alicyclic amines) is 1. The van der Waals surface area contributed by atoms with Gasteiger partial charge in [0.25, 0.3) is 0 Å². The number of hydrogen-bond donors (Lipinski definition) is 2. The van der Waals surface area contributed by atoms with E-state index in [1.54, 1.807) is 7.11 Å². The first-order chi connectivity index (χ1) is 7.76. The lowest BCUT2D eigenvalue weighted by Crippen LogP contribution is -2.45. The quantitative estimate of drug-likeness (QED) is 0.667. The average Bonchev–Trinajstić information content (AvgIpc) is 2.29. The lowest BCUT2D eigenvalue weighted by atomic mass is 10.0. The van der Waals surface area contributed by atoms with Crippen LogP contribution in [0.25, 0.3) is 0 Å². The summed E-state index contributed by atoms with van der Waals surface area (Å²) < 4.78 is 4.89. The molecule has 0 spiro atoms. The summed E-state index contributed by atoms with van der Waals surface area (Å²) in [5.41, 5.74) is 0. The third kappa shape index (κ3) is 5.25. The molecule has 0 amide bonds. The number of aliphatic hydroxyl groups excluding tert-OH is 1. The molecule has 1 rings (SSSR count). The Hall–Kier alpha value is -0.160. The van der Waals surface area contributed by atoms with Gasteiger partial charge >= 0.3 is 0 Å². The van der Waals surface area contributed by atoms with E-state index in [4.69, 9.17) is 4.74 Å². The van der Waals surface area contributed by atoms with Gasteiger partial charge in [-0.1, -0.05) is 6.92 Å². The Labute approximate surface area is 99.0 Å². The molecular weight excluding hydrogens is 204 g/mol. The van der Waals surface area contributed by atoms with Crippen LogP contribution in [0, 0.1) is 0 Å². The second kappa shape index (κ2) is 8.01. The molecule has 4 nitrogen and oxygen atoms in total. The zero-order valence-corrected chi connectivity index (χ0v) is 10.6. The number of ether oxygens (including phenoxy) is 1. The first kappa shape index (κ1) is 13.9. The van der Waals surface area contributed by atoms with Gasteiger partial charge in [-0.3, -0.25) is 0 Å². The van der Waals surface area contributed by atoms with E-state index in [9.17, 15) is 5.11 Å². The summed E-state index contributed by atoms with van der Waals surface area (Å²) in [5.74, 6) is 0. The van der Waals surface area contributed by atoms with Crippen LogP contribution in [0.3, 0.4) is 0 Å². The molecule has 0 bridgehead atoms. The smallest absolute Gasteiger partial charge is 0.0897 e. The zero-order valence-electron chi connectivity index (χ0n) is 10.6. The molecule has 1 unspecified atom stereocenters. The molecule has 0 aromatic carbocycles. The van der Waals surface area contributed by atoms with E-state index < -0.39 is 0 Å². The lowest BCUT2D eigenvalue weighted by molar-refractivity contribution is 0.0603. The van der Waals surface area contributed by atoms with Crippen LogP contribution in [0.15, 0.2) is 0 Å². The van der Waals surface area contributed by atoms with E-state index >= 15 is 0 Å². The van der Waals surface area contributed by atoms with Crippen molar-refractivity contribution >= 4 is 0 Å². The zero-order chi connectivity index (χ0) is 11.8. The van der Waals surface area contributed by atoms with Crippen molar-refractivity contribution < 1.29 is 9.84 Å². The highest BCUT2D eigenvalue weighted by Crippen LogP contribution is 2.10. The van der Waals surface area contributed by atoms with E-state index in [0.29, 0.717) is 19.2 Å². The normalized spacial score (nSPS) is 21.2. The van der Waals surface area contributed by atoms with Gasteiger partial charge in [0.15, 0.2) is 0 Å². The summed E-state index contributed by atoms with van der Waals surface area (Å²) >= 11 is 0. The predicted octanol–water partition coefficient (Wildman–Crippen LogP) is 0.458. The van der Waals surface area contributed by atoms with Crippen LogP contribution < -0.4 is 5.32 Å². The highest BCUT2D eigenvalue weighted by molar-refractivity contribution is 4.77. The molecule has 1 atom stereocenters. The fraction of sp³-hybridized carbons (Fsp3) is 1.00. The number of nitrogens with one attached hydrogen (secondary N) is 1. The largest absolute Gasteiger partial charge is 0.389 e. The van der Waals surface area contributed by atoms with Crippen LogP contribution in [-0.2, 0) is 4.74 Å². The van der Waals surface area contributed by atoms with Crippen LogP contribution in [0.4, 0.5) is 0 Å². The fourth-order valence-electron chi connectivity index (χ4n) is 2.23. The molecule has 1 saturated heterocycles. The number of rotatable bonds is 7. The van der Waals surface area contributed by atoms with Gasteiger partial charge in [0, 0.05) is 19.7 Å². The molecule has 1 aliphatic heterocycles. The molecule has 0 radical (unpaired) electrons. The monoisotopic (exact) mass is 230 g/mol. The third-order valence-electron chi connectivity index (χ3n) is 3.13. The van der Waals surface area contributed by atoms with Gasteiger partial charge in [-0.25, -0.2) is 0 Å². The summed E-state index contributed by atoms with van der Waals surface area (Å²) in [6, 6.07) is 0.569. The van der Waals surface area contributed by atoms with Crippen molar-refractivity contribution in [2.45, 2.75) is 38.3 Å². The second-order valence-electron chi connectivity index (χ2n) is 4.63. The molecule has 0 aromatic heterocycles. The van der Waals surface area contributed by atoms with Crippen molar-refractivity contribution in [3.05, 3.63) is 0 Å². The van der Waals surface area contributed by atoms with E-state index in [0.717, 1.165) is 0 Å². The first-order valence-corrected chi connectivity index (χ1v) is 6.39. The van der Waals surface area contributed by atoms with Crippen molar-refractivity contribution in [2.75, 3.05) is 39.9 Å². The molecule has 4 heteroatoms. The maximum Gasteiger partial charge on any atom is 0.0897 e. The fourth-order valence-corrected chi connectivity index (χ4v) is 2.23. The molecule has 0 saturated carbocycles. The van der Waals surface area contributed by atoms with Gasteiger partial charge < -0.3 is 20.1 Å². The molecule has 2 N–H and O–H groups in total. The number of methoxy groups -OCH3 is 1. The Kier molecular flexibility index (Phi) is 6.96. The van der Waals surface area contributed by atoms with Gasteiger partial charge in [-0.2, -0.15) is 0 Å². The van der Waals surface area contributed by atoms with Gasteiger partial charge in [-0.15, -0.1) is 0 Å². The summed E-state index contributed by atoms with van der Waals surface area (Å²) in [7, 11) is 1.62. The third-order valence-corrected chi connectivity index (χ3v) is 3.13. The molecule has 1 fully saturated rings. The van der Waals surface area contributed by atoms with Gasteiger partial charge in [0.05, 0.1) is 12.7 Å². The topological polar surface area (TPSA) is 44.7 Å². The minimum Gasteiger partial charge on any atom is -0.389 e. The Balaban J connectivity index is 2.07. The van der Waals surface area contributed by atoms with Crippen LogP contribution in [0.5, 0.6) is 0 Å². The second-order valence-corrected chi connectivity index (χ2v) is 4.63. The molecule has 0 aromatic rings. The minimum atomic E-state index is -0.376. The predicted molar refractivity (Wildman–Crippen MR) is 65.6 cm³/mol.